The van der Waals surface area contributed by atoms with Gasteiger partial charge < -0.3 is 0 Å². The molecule has 0 aliphatic carbocycles. The zero-order valence-corrected chi connectivity index (χ0v) is 7.70. The number of hydrogen-bond acceptors (Lipinski definition) is 2. The number of rotatable bonds is 2. The minimum atomic E-state index is -2.38. The van der Waals surface area contributed by atoms with E-state index >= 15 is 0 Å². The van der Waals surface area contributed by atoms with Crippen molar-refractivity contribution >= 4 is 27.7 Å². The summed E-state index contributed by atoms with van der Waals surface area (Å²) in [4.78, 5) is 4.20. The highest BCUT2D eigenvalue weighted by atomic mass is 79.9. The molecule has 0 aromatic carbocycles. The molecule has 11 heavy (non-hydrogen) atoms. The second-order valence-corrected chi connectivity index (χ2v) is 3.70. The SMILES string of the molecule is FC(F)Sc1cncc(Br)c1. The van der Waals surface area contributed by atoms with E-state index in [1.807, 2.05) is 0 Å². The second kappa shape index (κ2) is 4.01. The summed E-state index contributed by atoms with van der Waals surface area (Å²) in [5, 5.41) is 0. The van der Waals surface area contributed by atoms with Crippen molar-refractivity contribution in [1.82, 2.24) is 4.98 Å². The van der Waals surface area contributed by atoms with Crippen molar-refractivity contribution in [2.45, 2.75) is 10.7 Å². The highest BCUT2D eigenvalue weighted by Crippen LogP contribution is 2.25. The fourth-order valence-electron chi connectivity index (χ4n) is 0.560. The number of halogens is 3. The van der Waals surface area contributed by atoms with Crippen LogP contribution in [-0.4, -0.2) is 10.7 Å². The van der Waals surface area contributed by atoms with Gasteiger partial charge in [-0.05, 0) is 22.0 Å². The van der Waals surface area contributed by atoms with Gasteiger partial charge in [0.1, 0.15) is 0 Å². The third-order valence-corrected chi connectivity index (χ3v) is 2.01. The van der Waals surface area contributed by atoms with Crippen molar-refractivity contribution in [2.24, 2.45) is 0 Å². The van der Waals surface area contributed by atoms with Crippen LogP contribution in [-0.2, 0) is 0 Å². The van der Waals surface area contributed by atoms with E-state index in [9.17, 15) is 8.78 Å². The molecule has 0 fully saturated rings. The van der Waals surface area contributed by atoms with Crippen molar-refractivity contribution in [3.05, 3.63) is 22.9 Å². The van der Waals surface area contributed by atoms with Crippen LogP contribution in [0.1, 0.15) is 0 Å². The molecule has 0 saturated carbocycles. The monoisotopic (exact) mass is 239 g/mol. The van der Waals surface area contributed by atoms with E-state index < -0.39 is 5.76 Å². The first-order chi connectivity index (χ1) is 5.18. The van der Waals surface area contributed by atoms with Gasteiger partial charge >= 0.3 is 0 Å². The van der Waals surface area contributed by atoms with E-state index in [0.717, 1.165) is 0 Å². The Morgan fingerprint density at radius 1 is 1.45 bits per heavy atom. The van der Waals surface area contributed by atoms with Gasteiger partial charge in [-0.2, -0.15) is 8.78 Å². The highest BCUT2D eigenvalue weighted by molar-refractivity contribution is 9.10. The van der Waals surface area contributed by atoms with Gasteiger partial charge in [0.2, 0.25) is 0 Å². The molecule has 1 heterocycles. The molecule has 0 radical (unpaired) electrons. The van der Waals surface area contributed by atoms with Crippen LogP contribution < -0.4 is 0 Å². The Balaban J connectivity index is 2.71. The van der Waals surface area contributed by atoms with Gasteiger partial charge in [-0.3, -0.25) is 4.98 Å². The highest BCUT2D eigenvalue weighted by Gasteiger charge is 2.04. The standard InChI is InChI=1S/C6H4BrF2NS/c7-4-1-5(3-10-2-4)11-6(8)9/h1-3,6H. The molecule has 0 unspecified atom stereocenters. The smallest absolute Gasteiger partial charge is 0.262 e. The van der Waals surface area contributed by atoms with Crippen LogP contribution in [0.15, 0.2) is 27.8 Å². The molecule has 0 N–H and O–H groups in total. The van der Waals surface area contributed by atoms with Crippen molar-refractivity contribution in [2.75, 3.05) is 0 Å². The van der Waals surface area contributed by atoms with Gasteiger partial charge in [-0.15, -0.1) is 0 Å². The van der Waals surface area contributed by atoms with E-state index in [0.29, 0.717) is 21.1 Å². The van der Waals surface area contributed by atoms with Gasteiger partial charge in [-0.1, -0.05) is 11.8 Å². The van der Waals surface area contributed by atoms with Crippen LogP contribution in [0, 0.1) is 0 Å². The van der Waals surface area contributed by atoms with Crippen molar-refractivity contribution < 1.29 is 8.78 Å². The van der Waals surface area contributed by atoms with E-state index in [1.165, 1.54) is 6.20 Å². The van der Waals surface area contributed by atoms with Crippen LogP contribution in [0.25, 0.3) is 0 Å². The van der Waals surface area contributed by atoms with Gasteiger partial charge in [-0.25, -0.2) is 0 Å². The van der Waals surface area contributed by atoms with Gasteiger partial charge in [0.05, 0.1) is 0 Å². The van der Waals surface area contributed by atoms with Crippen LogP contribution in [0.5, 0.6) is 0 Å². The summed E-state index contributed by atoms with van der Waals surface area (Å²) in [7, 11) is 0. The van der Waals surface area contributed by atoms with E-state index in [4.69, 9.17) is 0 Å². The number of hydrogen-bond donors (Lipinski definition) is 0. The van der Waals surface area contributed by atoms with Crippen molar-refractivity contribution in [3.8, 4) is 0 Å². The molecule has 0 bridgehead atoms. The van der Waals surface area contributed by atoms with Gasteiger partial charge in [0.25, 0.3) is 5.76 Å². The predicted octanol–water partition coefficient (Wildman–Crippen LogP) is 3.16. The summed E-state index contributed by atoms with van der Waals surface area (Å²) in [6.45, 7) is 0. The largest absolute Gasteiger partial charge is 0.288 e. The Kier molecular flexibility index (Phi) is 3.26. The Labute approximate surface area is 75.3 Å². The molecule has 1 aromatic rings. The molecule has 1 aromatic heterocycles. The second-order valence-electron chi connectivity index (χ2n) is 1.72. The molecule has 60 valence electrons. The lowest BCUT2D eigenvalue weighted by molar-refractivity contribution is 0.252. The summed E-state index contributed by atoms with van der Waals surface area (Å²) >= 11 is 3.62. The summed E-state index contributed by atoms with van der Waals surface area (Å²) in [5.41, 5.74) is 0. The summed E-state index contributed by atoms with van der Waals surface area (Å²) in [6.07, 6.45) is 2.96. The molecule has 5 heteroatoms. The van der Waals surface area contributed by atoms with E-state index in [2.05, 4.69) is 20.9 Å². The summed E-state index contributed by atoms with van der Waals surface area (Å²) in [6, 6.07) is 1.60. The first-order valence-electron chi connectivity index (χ1n) is 2.74. The molecule has 0 aliphatic heterocycles. The lowest BCUT2D eigenvalue weighted by atomic mass is 10.5. The van der Waals surface area contributed by atoms with Crippen molar-refractivity contribution in [3.63, 3.8) is 0 Å². The molecule has 1 nitrogen and oxygen atoms in total. The van der Waals surface area contributed by atoms with Crippen LogP contribution in [0.3, 0.4) is 0 Å². The fraction of sp³-hybridized carbons (Fsp3) is 0.167. The fourth-order valence-corrected chi connectivity index (χ4v) is 1.60. The van der Waals surface area contributed by atoms with Crippen LogP contribution in [0.2, 0.25) is 0 Å². The Hall–Kier alpha value is -0.160. The normalized spacial score (nSPS) is 10.5. The topological polar surface area (TPSA) is 12.9 Å². The molecule has 0 saturated heterocycles. The third kappa shape index (κ3) is 3.16. The molecule has 0 atom stereocenters. The Morgan fingerprint density at radius 2 is 2.18 bits per heavy atom. The lowest BCUT2D eigenvalue weighted by Crippen LogP contribution is -1.82. The third-order valence-electron chi connectivity index (χ3n) is 0.905. The van der Waals surface area contributed by atoms with Gasteiger partial charge in [0, 0.05) is 21.8 Å². The minimum Gasteiger partial charge on any atom is -0.262 e. The summed E-state index contributed by atoms with van der Waals surface area (Å²) < 4.78 is 24.3. The van der Waals surface area contributed by atoms with Crippen molar-refractivity contribution in [1.29, 1.82) is 0 Å². The quantitative estimate of drug-likeness (QED) is 0.736. The minimum absolute atomic E-state index is 0.467. The number of pyridine rings is 1. The van der Waals surface area contributed by atoms with Crippen LogP contribution >= 0.6 is 27.7 Å². The lowest BCUT2D eigenvalue weighted by Gasteiger charge is -1.98. The number of thioether (sulfide) groups is 1. The molecular weight excluding hydrogens is 236 g/mol. The molecular formula is C6H4BrF2NS. The Bertz CT molecular complexity index is 244. The zero-order chi connectivity index (χ0) is 8.27. The predicted molar refractivity (Wildman–Crippen MR) is 43.8 cm³/mol. The molecule has 0 amide bonds. The van der Waals surface area contributed by atoms with E-state index in [1.54, 1.807) is 12.3 Å². The zero-order valence-electron chi connectivity index (χ0n) is 5.30. The summed E-state index contributed by atoms with van der Waals surface area (Å²) in [5.74, 6) is -2.38. The maximum atomic E-state index is 11.8. The van der Waals surface area contributed by atoms with E-state index in [-0.39, 0.29) is 0 Å². The maximum Gasteiger partial charge on any atom is 0.288 e. The number of nitrogens with zero attached hydrogens (tertiary/aromatic N) is 1. The average molecular weight is 240 g/mol. The Morgan fingerprint density at radius 3 is 2.73 bits per heavy atom. The molecule has 1 rings (SSSR count). The van der Waals surface area contributed by atoms with Gasteiger partial charge in [0.15, 0.2) is 0 Å². The number of aromatic nitrogens is 1. The first-order valence-corrected chi connectivity index (χ1v) is 4.41. The molecule has 0 aliphatic rings. The maximum absolute atomic E-state index is 11.8. The average Bonchev–Trinajstić information content (AvgIpc) is 1.85. The first kappa shape index (κ1) is 8.93. The number of alkyl halides is 2. The molecule has 0 spiro atoms. The van der Waals surface area contributed by atoms with Crippen LogP contribution in [0.4, 0.5) is 8.78 Å².